The molecule has 0 saturated heterocycles. The Morgan fingerprint density at radius 2 is 2.16 bits per heavy atom. The van der Waals surface area contributed by atoms with Crippen molar-refractivity contribution in [3.05, 3.63) is 47.7 Å². The van der Waals surface area contributed by atoms with Gasteiger partial charge in [-0.2, -0.15) is 0 Å². The van der Waals surface area contributed by atoms with Crippen molar-refractivity contribution in [2.75, 3.05) is 0 Å². The second-order valence-electron chi connectivity index (χ2n) is 3.82. The normalized spacial score (nSPS) is 11.3. The van der Waals surface area contributed by atoms with E-state index in [1.807, 2.05) is 0 Å². The summed E-state index contributed by atoms with van der Waals surface area (Å²) < 4.78 is 0. The van der Waals surface area contributed by atoms with Crippen LogP contribution in [0.2, 0.25) is 0 Å². The quantitative estimate of drug-likeness (QED) is 0.492. The van der Waals surface area contributed by atoms with Gasteiger partial charge in [-0.05, 0) is 29.8 Å². The van der Waals surface area contributed by atoms with Crippen molar-refractivity contribution < 1.29 is 9.90 Å². The highest BCUT2D eigenvalue weighted by atomic mass is 16.4. The van der Waals surface area contributed by atoms with E-state index in [0.29, 0.717) is 5.69 Å². The first-order valence-corrected chi connectivity index (χ1v) is 5.47. The van der Waals surface area contributed by atoms with Gasteiger partial charge in [-0.1, -0.05) is 12.1 Å². The van der Waals surface area contributed by atoms with Crippen LogP contribution in [-0.2, 0) is 0 Å². The maximum Gasteiger partial charge on any atom is 0.335 e. The van der Waals surface area contributed by atoms with E-state index >= 15 is 0 Å². The molecule has 6 nitrogen and oxygen atoms in total. The van der Waals surface area contributed by atoms with Crippen LogP contribution in [0.25, 0.3) is 11.3 Å². The molecular weight excluding hydrogens is 244 g/mol. The first-order chi connectivity index (χ1) is 9.11. The zero-order chi connectivity index (χ0) is 13.8. The number of hydrogen-bond acceptors (Lipinski definition) is 2. The maximum atomic E-state index is 10.9. The number of aromatic amines is 1. The van der Waals surface area contributed by atoms with Gasteiger partial charge in [-0.15, -0.1) is 0 Å². The maximum absolute atomic E-state index is 10.9. The average Bonchev–Trinajstić information content (AvgIpc) is 2.89. The second-order valence-corrected chi connectivity index (χ2v) is 3.82. The highest BCUT2D eigenvalue weighted by Crippen LogP contribution is 2.19. The molecule has 0 spiro atoms. The summed E-state index contributed by atoms with van der Waals surface area (Å²) in [5.41, 5.74) is 7.93. The third kappa shape index (κ3) is 2.68. The molecule has 0 bridgehead atoms. The first kappa shape index (κ1) is 12.6. The van der Waals surface area contributed by atoms with Crippen LogP contribution in [0.15, 0.2) is 41.4 Å². The summed E-state index contributed by atoms with van der Waals surface area (Å²) in [5.74, 6) is -0.769. The van der Waals surface area contributed by atoms with Crippen LogP contribution in [0.5, 0.6) is 0 Å². The van der Waals surface area contributed by atoms with Crippen LogP contribution in [0, 0.1) is 5.41 Å². The number of amidine groups is 1. The van der Waals surface area contributed by atoms with E-state index in [0.717, 1.165) is 17.6 Å². The fourth-order valence-corrected chi connectivity index (χ4v) is 1.67. The van der Waals surface area contributed by atoms with Crippen molar-refractivity contribution in [1.29, 1.82) is 5.41 Å². The van der Waals surface area contributed by atoms with Gasteiger partial charge in [-0.3, -0.25) is 5.41 Å². The first-order valence-electron chi connectivity index (χ1n) is 5.47. The molecule has 1 aromatic carbocycles. The lowest BCUT2D eigenvalue weighted by molar-refractivity contribution is 0.0697. The van der Waals surface area contributed by atoms with Crippen LogP contribution in [-0.4, -0.2) is 28.2 Å². The molecule has 0 aliphatic carbocycles. The summed E-state index contributed by atoms with van der Waals surface area (Å²) >= 11 is 0. The molecule has 1 heterocycles. The minimum Gasteiger partial charge on any atom is -0.478 e. The third-order valence-corrected chi connectivity index (χ3v) is 2.59. The van der Waals surface area contributed by atoms with Gasteiger partial charge in [-0.25, -0.2) is 9.79 Å². The Hall–Kier alpha value is -2.89. The molecule has 2 rings (SSSR count). The Kier molecular flexibility index (Phi) is 3.42. The van der Waals surface area contributed by atoms with E-state index < -0.39 is 5.97 Å². The molecule has 19 heavy (non-hydrogen) atoms. The van der Waals surface area contributed by atoms with Crippen molar-refractivity contribution in [3.8, 4) is 11.3 Å². The molecule has 1 aromatic heterocycles. The van der Waals surface area contributed by atoms with Crippen LogP contribution in [0.3, 0.4) is 0 Å². The number of nitrogens with one attached hydrogen (secondary N) is 2. The molecule has 0 aliphatic rings. The van der Waals surface area contributed by atoms with E-state index in [-0.39, 0.29) is 11.4 Å². The lowest BCUT2D eigenvalue weighted by Gasteiger charge is -2.00. The molecule has 0 aliphatic heterocycles. The molecule has 6 heteroatoms. The Morgan fingerprint density at radius 3 is 2.84 bits per heavy atom. The third-order valence-electron chi connectivity index (χ3n) is 2.59. The topological polar surface area (TPSA) is 115 Å². The van der Waals surface area contributed by atoms with Gasteiger partial charge >= 0.3 is 5.97 Å². The number of H-pyrrole nitrogens is 1. The zero-order valence-electron chi connectivity index (χ0n) is 9.92. The number of nitrogens with zero attached hydrogens (tertiary/aromatic N) is 1. The van der Waals surface area contributed by atoms with Gasteiger partial charge in [0.15, 0.2) is 0 Å². The summed E-state index contributed by atoms with van der Waals surface area (Å²) in [6, 6.07) is 10.1. The van der Waals surface area contributed by atoms with Crippen LogP contribution in [0.1, 0.15) is 16.1 Å². The van der Waals surface area contributed by atoms with Crippen LogP contribution < -0.4 is 5.73 Å². The van der Waals surface area contributed by atoms with Crippen molar-refractivity contribution >= 4 is 18.1 Å². The lowest BCUT2D eigenvalue weighted by Crippen LogP contribution is -2.13. The number of carboxylic acid groups (broad SMARTS) is 1. The van der Waals surface area contributed by atoms with Crippen LogP contribution >= 0.6 is 0 Å². The van der Waals surface area contributed by atoms with Gasteiger partial charge in [0.1, 0.15) is 12.2 Å². The Labute approximate surface area is 109 Å². The molecule has 2 aromatic rings. The van der Waals surface area contributed by atoms with E-state index in [4.69, 9.17) is 16.2 Å². The molecule has 0 radical (unpaired) electrons. The molecule has 96 valence electrons. The van der Waals surface area contributed by atoms with Gasteiger partial charge < -0.3 is 15.8 Å². The molecular formula is C13H12N4O2. The average molecular weight is 256 g/mol. The van der Waals surface area contributed by atoms with Gasteiger partial charge in [0, 0.05) is 5.69 Å². The monoisotopic (exact) mass is 256 g/mol. The van der Waals surface area contributed by atoms with Crippen LogP contribution in [0.4, 0.5) is 0 Å². The predicted octanol–water partition coefficient (Wildman–Crippen LogP) is 1.69. The summed E-state index contributed by atoms with van der Waals surface area (Å²) in [4.78, 5) is 17.6. The Bertz CT molecular complexity index is 658. The minimum absolute atomic E-state index is 0.204. The number of benzene rings is 1. The number of aromatic carboxylic acids is 1. The largest absolute Gasteiger partial charge is 0.478 e. The lowest BCUT2D eigenvalue weighted by atomic mass is 10.1. The standard InChI is InChI=1S/C13H12N4O2/c14-7-16-12(15)11-5-4-10(17-11)8-2-1-3-9(6-8)13(18)19/h1-7,17H,(H,18,19)(H3,14,15,16). The molecule has 0 unspecified atom stereocenters. The van der Waals surface area contributed by atoms with Crippen molar-refractivity contribution in [2.45, 2.75) is 0 Å². The summed E-state index contributed by atoms with van der Waals surface area (Å²) in [5, 5.41) is 15.8. The minimum atomic E-state index is -0.974. The molecule has 0 saturated carbocycles. The van der Waals surface area contributed by atoms with E-state index in [2.05, 4.69) is 9.98 Å². The SMILES string of the molecule is N=CN=C(N)c1ccc(-c2cccc(C(=O)O)c2)[nH]1. The number of carboxylic acids is 1. The number of aromatic nitrogens is 1. The molecule has 0 amide bonds. The molecule has 5 N–H and O–H groups in total. The molecule has 0 atom stereocenters. The fourth-order valence-electron chi connectivity index (χ4n) is 1.67. The van der Waals surface area contributed by atoms with E-state index in [1.54, 1.807) is 30.3 Å². The summed E-state index contributed by atoms with van der Waals surface area (Å²) in [6.07, 6.45) is 0.862. The number of hydrogen-bond donors (Lipinski definition) is 4. The number of aliphatic imine (C=N–C) groups is 1. The van der Waals surface area contributed by atoms with E-state index in [9.17, 15) is 4.79 Å². The van der Waals surface area contributed by atoms with Gasteiger partial charge in [0.25, 0.3) is 0 Å². The highest BCUT2D eigenvalue weighted by molar-refractivity contribution is 6.00. The predicted molar refractivity (Wildman–Crippen MR) is 72.7 cm³/mol. The Balaban J connectivity index is 2.38. The van der Waals surface area contributed by atoms with E-state index in [1.165, 1.54) is 6.07 Å². The fraction of sp³-hybridized carbons (Fsp3) is 0. The van der Waals surface area contributed by atoms with Crippen molar-refractivity contribution in [3.63, 3.8) is 0 Å². The summed E-state index contributed by atoms with van der Waals surface area (Å²) in [7, 11) is 0. The Morgan fingerprint density at radius 1 is 1.37 bits per heavy atom. The summed E-state index contributed by atoms with van der Waals surface area (Å²) in [6.45, 7) is 0. The number of nitrogens with two attached hydrogens (primary N) is 1. The second kappa shape index (κ2) is 5.18. The number of carbonyl (C=O) groups is 1. The van der Waals surface area contributed by atoms with Gasteiger partial charge in [0.2, 0.25) is 0 Å². The van der Waals surface area contributed by atoms with Crippen molar-refractivity contribution in [2.24, 2.45) is 10.7 Å². The van der Waals surface area contributed by atoms with Crippen molar-refractivity contribution in [1.82, 2.24) is 4.98 Å². The smallest absolute Gasteiger partial charge is 0.335 e. The van der Waals surface area contributed by atoms with Gasteiger partial charge in [0.05, 0.1) is 11.3 Å². The number of rotatable bonds is 4. The molecule has 0 fully saturated rings. The zero-order valence-corrected chi connectivity index (χ0v) is 9.92. The highest BCUT2D eigenvalue weighted by Gasteiger charge is 2.07.